The SMILES string of the molecule is CCOC(=O)c1ccc(C(=O)O)c(CONc2ccc(Oc3ccc(NC(=O)c4cc(C(=O)C=C=O)ccc4C(=O)O)cc3)cc2)c1. The number of hydrogen-bond donors (Lipinski definition) is 4. The van der Waals surface area contributed by atoms with Gasteiger partial charge in [-0.2, -0.15) is 0 Å². The molecule has 4 N–H and O–H groups in total. The van der Waals surface area contributed by atoms with Crippen molar-refractivity contribution in [3.05, 3.63) is 124 Å². The molecule has 13 heteroatoms. The Morgan fingerprint density at radius 1 is 0.745 bits per heavy atom. The van der Waals surface area contributed by atoms with Crippen LogP contribution in [0.5, 0.6) is 11.5 Å². The van der Waals surface area contributed by atoms with Crippen LogP contribution in [-0.2, 0) is 21.0 Å². The molecule has 238 valence electrons. The van der Waals surface area contributed by atoms with E-state index in [2.05, 4.69) is 10.8 Å². The summed E-state index contributed by atoms with van der Waals surface area (Å²) in [4.78, 5) is 76.1. The fraction of sp³-hybridized carbons (Fsp3) is 0.0882. The van der Waals surface area contributed by atoms with Crippen LogP contribution in [0.2, 0.25) is 0 Å². The average molecular weight is 639 g/mol. The van der Waals surface area contributed by atoms with Gasteiger partial charge in [-0.3, -0.25) is 19.9 Å². The fourth-order valence-electron chi connectivity index (χ4n) is 4.20. The predicted molar refractivity (Wildman–Crippen MR) is 167 cm³/mol. The molecule has 0 aromatic heterocycles. The third-order valence-corrected chi connectivity index (χ3v) is 6.44. The van der Waals surface area contributed by atoms with Gasteiger partial charge in [0.05, 0.1) is 40.6 Å². The topological polar surface area (TPSA) is 195 Å². The van der Waals surface area contributed by atoms with Crippen LogP contribution in [0, 0.1) is 0 Å². The van der Waals surface area contributed by atoms with Crippen molar-refractivity contribution in [1.29, 1.82) is 0 Å². The molecule has 0 saturated carbocycles. The number of anilines is 2. The number of rotatable bonds is 14. The number of allylic oxidation sites excluding steroid dienone is 1. The molecule has 0 radical (unpaired) electrons. The minimum absolute atomic E-state index is 0.0198. The number of ketones is 1. The highest BCUT2D eigenvalue weighted by Crippen LogP contribution is 2.25. The van der Waals surface area contributed by atoms with Gasteiger partial charge in [-0.1, -0.05) is 6.07 Å². The van der Waals surface area contributed by atoms with Gasteiger partial charge in [-0.25, -0.2) is 19.2 Å². The van der Waals surface area contributed by atoms with Crippen molar-refractivity contribution in [2.45, 2.75) is 13.5 Å². The van der Waals surface area contributed by atoms with Crippen molar-refractivity contribution in [1.82, 2.24) is 0 Å². The first-order chi connectivity index (χ1) is 22.6. The van der Waals surface area contributed by atoms with Crippen molar-refractivity contribution in [3.8, 4) is 11.5 Å². The van der Waals surface area contributed by atoms with E-state index < -0.39 is 29.6 Å². The van der Waals surface area contributed by atoms with Crippen LogP contribution in [0.15, 0.2) is 91.0 Å². The molecule has 13 nitrogen and oxygen atoms in total. The third-order valence-electron chi connectivity index (χ3n) is 6.44. The number of carbonyl (C=O) groups is 5. The molecule has 4 aromatic rings. The maximum Gasteiger partial charge on any atom is 0.338 e. The van der Waals surface area contributed by atoms with Gasteiger partial charge in [0.25, 0.3) is 5.91 Å². The molecule has 4 aromatic carbocycles. The molecule has 0 aliphatic rings. The Labute approximate surface area is 267 Å². The Bertz CT molecular complexity index is 1880. The molecule has 0 unspecified atom stereocenters. The number of nitrogens with one attached hydrogen (secondary N) is 2. The van der Waals surface area contributed by atoms with E-state index in [1.54, 1.807) is 43.3 Å². The van der Waals surface area contributed by atoms with Gasteiger partial charge in [0.2, 0.25) is 0 Å². The zero-order valence-electron chi connectivity index (χ0n) is 24.6. The quantitative estimate of drug-likeness (QED) is 0.0451. The number of carboxylic acids is 2. The van der Waals surface area contributed by atoms with Crippen molar-refractivity contribution in [2.75, 3.05) is 17.4 Å². The van der Waals surface area contributed by atoms with E-state index in [-0.39, 0.29) is 46.6 Å². The molecule has 47 heavy (non-hydrogen) atoms. The predicted octanol–water partition coefficient (Wildman–Crippen LogP) is 5.42. The first kappa shape index (κ1) is 33.3. The summed E-state index contributed by atoms with van der Waals surface area (Å²) in [6, 6.07) is 20.3. The second kappa shape index (κ2) is 15.4. The second-order valence-electron chi connectivity index (χ2n) is 9.59. The number of esters is 1. The van der Waals surface area contributed by atoms with Crippen molar-refractivity contribution in [2.24, 2.45) is 0 Å². The molecule has 1 amide bonds. The Morgan fingerprint density at radius 2 is 1.34 bits per heavy atom. The molecule has 0 bridgehead atoms. The first-order valence-electron chi connectivity index (χ1n) is 13.8. The number of carboxylic acid groups (broad SMARTS) is 2. The Morgan fingerprint density at radius 3 is 1.94 bits per heavy atom. The summed E-state index contributed by atoms with van der Waals surface area (Å²) in [5.74, 6) is -2.39. The van der Waals surface area contributed by atoms with Crippen molar-refractivity contribution in [3.63, 3.8) is 0 Å². The highest BCUT2D eigenvalue weighted by Gasteiger charge is 2.19. The molecule has 4 rings (SSSR count). The van der Waals surface area contributed by atoms with Gasteiger partial charge < -0.3 is 25.0 Å². The van der Waals surface area contributed by atoms with Crippen LogP contribution in [0.1, 0.15) is 64.3 Å². The summed E-state index contributed by atoms with van der Waals surface area (Å²) in [7, 11) is 0. The standard InChI is InChI=1S/C34H26N2O11/c1-2-45-34(44)21-4-13-27(32(40)41)22(17-21)19-46-36-24-7-11-26(12-8-24)47-25-9-5-23(6-10-25)35-31(39)29-18-20(30(38)15-16-37)3-14-28(29)33(42)43/h3-15,17-18,36H,2,19H2,1H3,(H,35,39)(H,40,41)(H,42,43). The maximum absolute atomic E-state index is 12.9. The highest BCUT2D eigenvalue weighted by molar-refractivity contribution is 6.14. The van der Waals surface area contributed by atoms with Crippen LogP contribution in [0.3, 0.4) is 0 Å². The summed E-state index contributed by atoms with van der Waals surface area (Å²) in [5.41, 5.74) is 3.37. The smallest absolute Gasteiger partial charge is 0.338 e. The zero-order valence-corrected chi connectivity index (χ0v) is 24.6. The Balaban J connectivity index is 1.35. The lowest BCUT2D eigenvalue weighted by atomic mass is 10.0. The highest BCUT2D eigenvalue weighted by atomic mass is 16.6. The normalized spacial score (nSPS) is 10.2. The minimum Gasteiger partial charge on any atom is -0.478 e. The second-order valence-corrected chi connectivity index (χ2v) is 9.59. The van der Waals surface area contributed by atoms with Crippen molar-refractivity contribution < 1.29 is 53.3 Å². The minimum atomic E-state index is -1.37. The van der Waals surface area contributed by atoms with E-state index in [9.17, 15) is 39.0 Å². The van der Waals surface area contributed by atoms with Gasteiger partial charge >= 0.3 is 17.9 Å². The van der Waals surface area contributed by atoms with Gasteiger partial charge in [-0.05, 0) is 91.3 Å². The molecule has 0 atom stereocenters. The lowest BCUT2D eigenvalue weighted by Crippen LogP contribution is -2.17. The monoisotopic (exact) mass is 638 g/mol. The number of carbonyl (C=O) groups excluding carboxylic acids is 4. The molecular weight excluding hydrogens is 612 g/mol. The molecular formula is C34H26N2O11. The summed E-state index contributed by atoms with van der Waals surface area (Å²) in [5, 5.41) is 21.5. The molecule has 0 aliphatic heterocycles. The number of hydrogen-bond acceptors (Lipinski definition) is 10. The number of aromatic carboxylic acids is 2. The van der Waals surface area contributed by atoms with E-state index in [0.29, 0.717) is 28.9 Å². The number of amides is 1. The molecule has 0 saturated heterocycles. The first-order valence-corrected chi connectivity index (χ1v) is 13.8. The largest absolute Gasteiger partial charge is 0.478 e. The van der Waals surface area contributed by atoms with Crippen molar-refractivity contribution >= 4 is 46.9 Å². The molecule has 0 heterocycles. The molecule has 0 spiro atoms. The number of benzene rings is 4. The van der Waals surface area contributed by atoms with E-state index in [1.165, 1.54) is 42.3 Å². The average Bonchev–Trinajstić information content (AvgIpc) is 3.06. The van der Waals surface area contributed by atoms with Crippen LogP contribution in [0.4, 0.5) is 11.4 Å². The van der Waals surface area contributed by atoms with E-state index in [0.717, 1.165) is 12.1 Å². The van der Waals surface area contributed by atoms with Crippen LogP contribution >= 0.6 is 0 Å². The number of ether oxygens (including phenoxy) is 2. The van der Waals surface area contributed by atoms with Gasteiger partial charge in [0, 0.05) is 11.3 Å². The van der Waals surface area contributed by atoms with Gasteiger partial charge in [0.1, 0.15) is 24.0 Å². The van der Waals surface area contributed by atoms with E-state index >= 15 is 0 Å². The van der Waals surface area contributed by atoms with E-state index in [1.807, 2.05) is 0 Å². The summed E-state index contributed by atoms with van der Waals surface area (Å²) >= 11 is 0. The molecule has 0 aliphatic carbocycles. The van der Waals surface area contributed by atoms with Gasteiger partial charge in [-0.15, -0.1) is 0 Å². The lowest BCUT2D eigenvalue weighted by Gasteiger charge is -2.12. The summed E-state index contributed by atoms with van der Waals surface area (Å²) in [6.07, 6.45) is 0.642. The van der Waals surface area contributed by atoms with Crippen LogP contribution < -0.4 is 15.5 Å². The lowest BCUT2D eigenvalue weighted by molar-refractivity contribution is 0.0523. The zero-order chi connectivity index (χ0) is 33.9. The van der Waals surface area contributed by atoms with Gasteiger partial charge in [0.15, 0.2) is 5.78 Å². The maximum atomic E-state index is 12.9. The summed E-state index contributed by atoms with van der Waals surface area (Å²) < 4.78 is 10.8. The summed E-state index contributed by atoms with van der Waals surface area (Å²) in [6.45, 7) is 1.69. The van der Waals surface area contributed by atoms with Crippen LogP contribution in [0.25, 0.3) is 0 Å². The van der Waals surface area contributed by atoms with Crippen LogP contribution in [-0.4, -0.2) is 52.4 Å². The Hall–Kier alpha value is -6.56. The third kappa shape index (κ3) is 8.76. The fourth-order valence-corrected chi connectivity index (χ4v) is 4.20. The molecule has 0 fully saturated rings. The Kier molecular flexibility index (Phi) is 10.9. The van der Waals surface area contributed by atoms with E-state index in [4.69, 9.17) is 14.3 Å².